The Morgan fingerprint density at radius 3 is 3.00 bits per heavy atom. The highest BCUT2D eigenvalue weighted by atomic mass is 32.1. The molecule has 5 nitrogen and oxygen atoms in total. The van der Waals surface area contributed by atoms with Gasteiger partial charge in [-0.05, 0) is 24.4 Å². The van der Waals surface area contributed by atoms with Gasteiger partial charge in [-0.25, -0.2) is 0 Å². The fourth-order valence-corrected chi connectivity index (χ4v) is 1.02. The van der Waals surface area contributed by atoms with Crippen LogP contribution in [0.15, 0.2) is 23.3 Å². The Morgan fingerprint density at radius 2 is 2.40 bits per heavy atom. The van der Waals surface area contributed by atoms with Gasteiger partial charge in [0.1, 0.15) is 11.5 Å². The van der Waals surface area contributed by atoms with Gasteiger partial charge >= 0.3 is 0 Å². The molecule has 80 valence electrons. The molecule has 0 spiro atoms. The molecular formula is C9H11N3O2S. The molecule has 0 fully saturated rings. The van der Waals surface area contributed by atoms with E-state index in [2.05, 4.69) is 22.7 Å². The molecule has 0 aliphatic carbocycles. The number of phenolic OH excluding ortho intramolecular Hbond substituents is 1. The van der Waals surface area contributed by atoms with Gasteiger partial charge in [-0.2, -0.15) is 5.10 Å². The molecule has 0 aliphatic rings. The van der Waals surface area contributed by atoms with Crippen LogP contribution in [0.25, 0.3) is 0 Å². The Balaban J connectivity index is 2.84. The first-order chi connectivity index (χ1) is 7.13. The van der Waals surface area contributed by atoms with Gasteiger partial charge in [-0.1, -0.05) is 0 Å². The van der Waals surface area contributed by atoms with E-state index in [0.717, 1.165) is 0 Å². The normalized spacial score (nSPS) is 10.2. The number of hydrogen-bond donors (Lipinski definition) is 3. The molecule has 0 bridgehead atoms. The molecule has 0 saturated carbocycles. The number of thiocarbonyl (C=S) groups is 1. The SMILES string of the molecule is COc1cc(O)ccc1/C=N/NC(N)=S. The molecule has 0 atom stereocenters. The van der Waals surface area contributed by atoms with Crippen molar-refractivity contribution in [3.63, 3.8) is 0 Å². The second-order valence-electron chi connectivity index (χ2n) is 2.66. The van der Waals surface area contributed by atoms with Gasteiger partial charge in [0, 0.05) is 11.6 Å². The molecule has 0 unspecified atom stereocenters. The summed E-state index contributed by atoms with van der Waals surface area (Å²) in [5, 5.41) is 13.1. The minimum atomic E-state index is 0.0870. The number of aromatic hydroxyl groups is 1. The smallest absolute Gasteiger partial charge is 0.184 e. The standard InChI is InChI=1S/C9H11N3O2S/c1-14-8-4-7(13)3-2-6(8)5-11-12-9(10)15/h2-5,13H,1H3,(H3,10,12,15)/b11-5+. The van der Waals surface area contributed by atoms with Crippen molar-refractivity contribution in [2.45, 2.75) is 0 Å². The van der Waals surface area contributed by atoms with E-state index in [1.165, 1.54) is 25.5 Å². The van der Waals surface area contributed by atoms with Crippen LogP contribution in [0, 0.1) is 0 Å². The van der Waals surface area contributed by atoms with E-state index in [1.54, 1.807) is 6.07 Å². The maximum absolute atomic E-state index is 9.20. The first-order valence-corrected chi connectivity index (χ1v) is 4.50. The van der Waals surface area contributed by atoms with Gasteiger partial charge in [0.05, 0.1) is 13.3 Å². The number of hydrazone groups is 1. The molecule has 0 heterocycles. The van der Waals surface area contributed by atoms with E-state index in [4.69, 9.17) is 10.5 Å². The van der Waals surface area contributed by atoms with Gasteiger partial charge in [0.2, 0.25) is 0 Å². The number of rotatable bonds is 3. The summed E-state index contributed by atoms with van der Waals surface area (Å²) < 4.78 is 5.04. The third kappa shape index (κ3) is 3.43. The van der Waals surface area contributed by atoms with Gasteiger partial charge in [-0.3, -0.25) is 5.43 Å². The van der Waals surface area contributed by atoms with Gasteiger partial charge < -0.3 is 15.6 Å². The molecule has 1 rings (SSSR count). The summed E-state index contributed by atoms with van der Waals surface area (Å²) >= 11 is 4.57. The van der Waals surface area contributed by atoms with Crippen molar-refractivity contribution in [2.75, 3.05) is 7.11 Å². The second kappa shape index (κ2) is 5.16. The quantitative estimate of drug-likeness (QED) is 0.398. The zero-order valence-corrected chi connectivity index (χ0v) is 8.91. The summed E-state index contributed by atoms with van der Waals surface area (Å²) in [5.74, 6) is 0.648. The van der Waals surface area contributed by atoms with Crippen LogP contribution >= 0.6 is 12.2 Å². The van der Waals surface area contributed by atoms with E-state index in [0.29, 0.717) is 11.3 Å². The molecule has 1 aromatic rings. The molecule has 0 aliphatic heterocycles. The fraction of sp³-hybridized carbons (Fsp3) is 0.111. The number of ether oxygens (including phenoxy) is 1. The Bertz CT molecular complexity index is 393. The summed E-state index contributed by atoms with van der Waals surface area (Å²) in [7, 11) is 1.51. The van der Waals surface area contributed by atoms with Crippen molar-refractivity contribution in [3.05, 3.63) is 23.8 Å². The number of nitrogens with zero attached hydrogens (tertiary/aromatic N) is 1. The lowest BCUT2D eigenvalue weighted by molar-refractivity contribution is 0.407. The van der Waals surface area contributed by atoms with E-state index in [9.17, 15) is 5.11 Å². The lowest BCUT2D eigenvalue weighted by Gasteiger charge is -2.04. The van der Waals surface area contributed by atoms with Crippen LogP contribution in [-0.2, 0) is 0 Å². The number of benzene rings is 1. The first-order valence-electron chi connectivity index (χ1n) is 4.09. The molecule has 0 saturated heterocycles. The van der Waals surface area contributed by atoms with Crippen LogP contribution in [0.5, 0.6) is 11.5 Å². The Morgan fingerprint density at radius 1 is 1.67 bits per heavy atom. The highest BCUT2D eigenvalue weighted by Crippen LogP contribution is 2.21. The van der Waals surface area contributed by atoms with Crippen molar-refractivity contribution in [1.29, 1.82) is 0 Å². The van der Waals surface area contributed by atoms with Crippen LogP contribution in [-0.4, -0.2) is 23.5 Å². The van der Waals surface area contributed by atoms with Crippen LogP contribution in [0.2, 0.25) is 0 Å². The summed E-state index contributed by atoms with van der Waals surface area (Å²) in [5.41, 5.74) is 8.31. The molecule has 0 radical (unpaired) electrons. The number of methoxy groups -OCH3 is 1. The summed E-state index contributed by atoms with van der Waals surface area (Å²) in [4.78, 5) is 0. The Hall–Kier alpha value is -1.82. The molecule has 1 aromatic carbocycles. The zero-order valence-electron chi connectivity index (χ0n) is 8.10. The highest BCUT2D eigenvalue weighted by Gasteiger charge is 2.00. The van der Waals surface area contributed by atoms with E-state index in [1.807, 2.05) is 0 Å². The lowest BCUT2D eigenvalue weighted by Crippen LogP contribution is -2.24. The zero-order chi connectivity index (χ0) is 11.3. The summed E-state index contributed by atoms with van der Waals surface area (Å²) in [6.45, 7) is 0. The third-order valence-corrected chi connectivity index (χ3v) is 1.69. The average molecular weight is 225 g/mol. The lowest BCUT2D eigenvalue weighted by atomic mass is 10.2. The molecule has 15 heavy (non-hydrogen) atoms. The largest absolute Gasteiger partial charge is 0.508 e. The van der Waals surface area contributed by atoms with Gasteiger partial charge in [0.15, 0.2) is 5.11 Å². The van der Waals surface area contributed by atoms with Crippen molar-refractivity contribution < 1.29 is 9.84 Å². The monoisotopic (exact) mass is 225 g/mol. The highest BCUT2D eigenvalue weighted by molar-refractivity contribution is 7.80. The number of hydrogen-bond acceptors (Lipinski definition) is 4. The predicted molar refractivity (Wildman–Crippen MR) is 62.2 cm³/mol. The topological polar surface area (TPSA) is 79.9 Å². The van der Waals surface area contributed by atoms with Crippen molar-refractivity contribution in [3.8, 4) is 11.5 Å². The van der Waals surface area contributed by atoms with E-state index < -0.39 is 0 Å². The summed E-state index contributed by atoms with van der Waals surface area (Å²) in [6.07, 6.45) is 1.50. The molecule has 6 heteroatoms. The molecule has 0 aromatic heterocycles. The minimum Gasteiger partial charge on any atom is -0.508 e. The predicted octanol–water partition coefficient (Wildman–Crippen LogP) is 0.568. The van der Waals surface area contributed by atoms with Crippen LogP contribution in [0.1, 0.15) is 5.56 Å². The van der Waals surface area contributed by atoms with Gasteiger partial charge in [-0.15, -0.1) is 0 Å². The van der Waals surface area contributed by atoms with Gasteiger partial charge in [0.25, 0.3) is 0 Å². The van der Waals surface area contributed by atoms with E-state index in [-0.39, 0.29) is 10.9 Å². The van der Waals surface area contributed by atoms with E-state index >= 15 is 0 Å². The van der Waals surface area contributed by atoms with Crippen LogP contribution in [0.4, 0.5) is 0 Å². The molecule has 4 N–H and O–H groups in total. The Labute approximate surface area is 92.5 Å². The average Bonchev–Trinajstić information content (AvgIpc) is 2.19. The third-order valence-electron chi connectivity index (χ3n) is 1.60. The van der Waals surface area contributed by atoms with Crippen LogP contribution in [0.3, 0.4) is 0 Å². The van der Waals surface area contributed by atoms with Crippen molar-refractivity contribution in [2.24, 2.45) is 10.8 Å². The molecular weight excluding hydrogens is 214 g/mol. The fourth-order valence-electron chi connectivity index (χ4n) is 0.972. The minimum absolute atomic E-state index is 0.0870. The van der Waals surface area contributed by atoms with Crippen molar-refractivity contribution >= 4 is 23.5 Å². The number of phenols is 1. The van der Waals surface area contributed by atoms with Crippen LogP contribution < -0.4 is 15.9 Å². The Kier molecular flexibility index (Phi) is 3.87. The second-order valence-corrected chi connectivity index (χ2v) is 3.10. The molecule has 0 amide bonds. The maximum Gasteiger partial charge on any atom is 0.184 e. The number of nitrogens with two attached hydrogens (primary N) is 1. The maximum atomic E-state index is 9.20. The number of nitrogens with one attached hydrogen (secondary N) is 1. The first kappa shape index (κ1) is 11.3. The van der Waals surface area contributed by atoms with Crippen molar-refractivity contribution in [1.82, 2.24) is 5.43 Å². The summed E-state index contributed by atoms with van der Waals surface area (Å²) in [6, 6.07) is 4.69.